The first kappa shape index (κ1) is 36.1. The zero-order valence-electron chi connectivity index (χ0n) is 31.9. The van der Waals surface area contributed by atoms with Crippen LogP contribution in [0, 0.1) is 13.8 Å². The summed E-state index contributed by atoms with van der Waals surface area (Å²) in [6, 6.07) is 18.2. The number of rotatable bonds is 11. The van der Waals surface area contributed by atoms with Gasteiger partial charge in [-0.15, -0.1) is 0 Å². The molecule has 53 heavy (non-hydrogen) atoms. The van der Waals surface area contributed by atoms with Crippen LogP contribution < -0.4 is 11.2 Å². The molecule has 0 N–H and O–H groups in total. The second kappa shape index (κ2) is 15.4. The predicted octanol–water partition coefficient (Wildman–Crippen LogP) is 5.27. The summed E-state index contributed by atoms with van der Waals surface area (Å²) < 4.78 is 11.9. The van der Waals surface area contributed by atoms with Gasteiger partial charge < -0.3 is 18.3 Å². The highest BCUT2D eigenvalue weighted by molar-refractivity contribution is 5.94. The van der Waals surface area contributed by atoms with E-state index in [2.05, 4.69) is 64.1 Å². The van der Waals surface area contributed by atoms with E-state index in [1.54, 1.807) is 15.4 Å². The van der Waals surface area contributed by atoms with Gasteiger partial charge in [-0.05, 0) is 102 Å². The minimum atomic E-state index is -0.310. The second-order valence-electron chi connectivity index (χ2n) is 14.1. The molecule has 7 rings (SSSR count). The van der Waals surface area contributed by atoms with Crippen molar-refractivity contribution in [3.05, 3.63) is 94.2 Å². The van der Waals surface area contributed by atoms with Gasteiger partial charge in [0.05, 0.1) is 33.5 Å². The number of piperidine rings is 1. The highest BCUT2D eigenvalue weighted by Crippen LogP contribution is 2.23. The van der Waals surface area contributed by atoms with Crippen LogP contribution >= 0.6 is 0 Å². The lowest BCUT2D eigenvalue weighted by Gasteiger charge is -2.26. The molecule has 0 saturated carbocycles. The Hall–Kier alpha value is -5.30. The Bertz CT molecular complexity index is 2440. The van der Waals surface area contributed by atoms with Crippen LogP contribution in [0.3, 0.4) is 0 Å². The van der Waals surface area contributed by atoms with E-state index in [1.165, 1.54) is 24.8 Å². The number of para-hydroxylation sites is 3. The SMILES string of the molecule is CCn1nc(C)cc1C(=O)/N=c1\n(C)c2ccccc2n1CCCCn1/c(=N/C(=O)c2cc(C)nn2CC)n(C)c2cccc(CN3CCCCC3)c21. The van der Waals surface area contributed by atoms with E-state index in [0.29, 0.717) is 48.8 Å². The van der Waals surface area contributed by atoms with Gasteiger partial charge in [0.2, 0.25) is 11.2 Å². The fraction of sp³-hybridized carbons (Fsp3) is 0.450. The fourth-order valence-electron chi connectivity index (χ4n) is 7.86. The first-order chi connectivity index (χ1) is 25.7. The number of likely N-dealkylation sites (tertiary alicyclic amines) is 1. The second-order valence-corrected chi connectivity index (χ2v) is 14.1. The minimum Gasteiger partial charge on any atom is -0.313 e. The number of aromatic nitrogens is 8. The number of benzene rings is 2. The zero-order valence-corrected chi connectivity index (χ0v) is 31.9. The normalized spacial score (nSPS) is 14.7. The number of unbranched alkanes of at least 4 members (excludes halogenated alkanes) is 1. The molecule has 0 bridgehead atoms. The lowest BCUT2D eigenvalue weighted by atomic mass is 10.1. The summed E-state index contributed by atoms with van der Waals surface area (Å²) in [6.07, 6.45) is 5.35. The van der Waals surface area contributed by atoms with Crippen molar-refractivity contribution in [3.8, 4) is 0 Å². The van der Waals surface area contributed by atoms with Gasteiger partial charge in [-0.25, -0.2) is 0 Å². The van der Waals surface area contributed by atoms with Gasteiger partial charge in [0.1, 0.15) is 11.4 Å². The number of hydrogen-bond acceptors (Lipinski definition) is 5. The largest absolute Gasteiger partial charge is 0.313 e. The predicted molar refractivity (Wildman–Crippen MR) is 205 cm³/mol. The van der Waals surface area contributed by atoms with Gasteiger partial charge in [-0.1, -0.05) is 30.7 Å². The van der Waals surface area contributed by atoms with Crippen LogP contribution in [0.25, 0.3) is 22.1 Å². The summed E-state index contributed by atoms with van der Waals surface area (Å²) in [7, 11) is 3.96. The molecule has 0 radical (unpaired) electrons. The Balaban J connectivity index is 1.24. The number of carbonyl (C=O) groups excluding carboxylic acids is 2. The number of nitrogens with zero attached hydrogens (tertiary/aromatic N) is 11. The highest BCUT2D eigenvalue weighted by atomic mass is 16.2. The number of imidazole rings is 2. The van der Waals surface area contributed by atoms with Crippen LogP contribution in [-0.2, 0) is 46.8 Å². The van der Waals surface area contributed by atoms with E-state index in [0.717, 1.165) is 65.9 Å². The third-order valence-electron chi connectivity index (χ3n) is 10.4. The Morgan fingerprint density at radius 2 is 1.21 bits per heavy atom. The van der Waals surface area contributed by atoms with Crippen molar-refractivity contribution in [3.63, 3.8) is 0 Å². The fourth-order valence-corrected chi connectivity index (χ4v) is 7.86. The molecule has 2 amide bonds. The molecule has 5 heterocycles. The minimum absolute atomic E-state index is 0.300. The van der Waals surface area contributed by atoms with Crippen molar-refractivity contribution in [2.75, 3.05) is 13.1 Å². The summed E-state index contributed by atoms with van der Waals surface area (Å²) in [6.45, 7) is 13.3. The number of amides is 2. The van der Waals surface area contributed by atoms with Gasteiger partial charge in [-0.3, -0.25) is 23.9 Å². The zero-order chi connectivity index (χ0) is 37.2. The molecule has 0 aliphatic carbocycles. The monoisotopic (exact) mass is 717 g/mol. The standard InChI is InChI=1S/C40H51N11O2/c1-7-50-34(25-28(3)43-50)37(52)41-39-45(5)31-18-10-11-19-32(31)48(39)23-14-15-24-49-36-30(27-47-21-12-9-13-22-47)17-16-20-33(36)46(6)40(49)42-38(53)35-26-29(4)44-51(35)8-2/h10-11,16-20,25-26H,7-9,12-15,21-24,27H2,1-6H3/b41-39+,42-40+. The molecule has 6 aromatic rings. The molecule has 1 aliphatic rings. The molecule has 1 aliphatic heterocycles. The van der Waals surface area contributed by atoms with E-state index in [1.807, 2.05) is 64.6 Å². The maximum absolute atomic E-state index is 13.8. The highest BCUT2D eigenvalue weighted by Gasteiger charge is 2.20. The van der Waals surface area contributed by atoms with Crippen LogP contribution in [0.4, 0.5) is 0 Å². The van der Waals surface area contributed by atoms with E-state index in [-0.39, 0.29) is 11.8 Å². The van der Waals surface area contributed by atoms with Crippen LogP contribution in [0.5, 0.6) is 0 Å². The Morgan fingerprint density at radius 3 is 1.81 bits per heavy atom. The summed E-state index contributed by atoms with van der Waals surface area (Å²) >= 11 is 0. The maximum Gasteiger partial charge on any atom is 0.298 e. The molecule has 1 saturated heterocycles. The van der Waals surface area contributed by atoms with Crippen molar-refractivity contribution >= 4 is 33.9 Å². The van der Waals surface area contributed by atoms with Crippen LogP contribution in [0.1, 0.15) is 83.9 Å². The van der Waals surface area contributed by atoms with E-state index in [4.69, 9.17) is 4.99 Å². The maximum atomic E-state index is 13.8. The smallest absolute Gasteiger partial charge is 0.298 e. The average molecular weight is 718 g/mol. The lowest BCUT2D eigenvalue weighted by Crippen LogP contribution is -2.30. The molecule has 13 heteroatoms. The molecule has 4 aromatic heterocycles. The van der Waals surface area contributed by atoms with Gasteiger partial charge >= 0.3 is 0 Å². The van der Waals surface area contributed by atoms with Gasteiger partial charge in [0, 0.05) is 46.8 Å². The number of aryl methyl sites for hydroxylation is 8. The third kappa shape index (κ3) is 7.09. The van der Waals surface area contributed by atoms with Crippen LogP contribution in [0.15, 0.2) is 64.6 Å². The summed E-state index contributed by atoms with van der Waals surface area (Å²) in [5, 5.41) is 8.97. The molecule has 1 fully saturated rings. The van der Waals surface area contributed by atoms with E-state index < -0.39 is 0 Å². The summed E-state index contributed by atoms with van der Waals surface area (Å²) in [5.41, 5.74) is 9.23. The first-order valence-corrected chi connectivity index (χ1v) is 19.0. The number of hydrogen-bond donors (Lipinski definition) is 0. The Labute approximate surface area is 309 Å². The Kier molecular flexibility index (Phi) is 10.5. The van der Waals surface area contributed by atoms with Crippen molar-refractivity contribution < 1.29 is 9.59 Å². The molecule has 0 spiro atoms. The molecule has 13 nitrogen and oxygen atoms in total. The average Bonchev–Trinajstić information content (AvgIpc) is 3.89. The molecule has 0 atom stereocenters. The summed E-state index contributed by atoms with van der Waals surface area (Å²) in [5.74, 6) is -0.610. The van der Waals surface area contributed by atoms with Crippen molar-refractivity contribution in [1.29, 1.82) is 0 Å². The molecular weight excluding hydrogens is 667 g/mol. The number of carbonyl (C=O) groups is 2. The topological polar surface area (TPSA) is 117 Å². The Morgan fingerprint density at radius 1 is 0.679 bits per heavy atom. The molecule has 278 valence electrons. The molecule has 2 aromatic carbocycles. The summed E-state index contributed by atoms with van der Waals surface area (Å²) in [4.78, 5) is 39.4. The molecular formula is C40H51N11O2. The van der Waals surface area contributed by atoms with E-state index in [9.17, 15) is 9.59 Å². The van der Waals surface area contributed by atoms with Gasteiger partial charge in [-0.2, -0.15) is 20.2 Å². The van der Waals surface area contributed by atoms with Crippen molar-refractivity contribution in [2.24, 2.45) is 24.1 Å². The first-order valence-electron chi connectivity index (χ1n) is 19.0. The number of fused-ring (bicyclic) bond motifs is 2. The quantitative estimate of drug-likeness (QED) is 0.169. The van der Waals surface area contributed by atoms with Crippen molar-refractivity contribution in [2.45, 2.75) is 92.5 Å². The van der Waals surface area contributed by atoms with Crippen LogP contribution in [0.2, 0.25) is 0 Å². The molecule has 0 unspecified atom stereocenters. The van der Waals surface area contributed by atoms with Gasteiger partial charge in [0.25, 0.3) is 11.8 Å². The van der Waals surface area contributed by atoms with Crippen molar-refractivity contribution in [1.82, 2.24) is 42.7 Å². The third-order valence-corrected chi connectivity index (χ3v) is 10.4. The van der Waals surface area contributed by atoms with Crippen LogP contribution in [-0.4, -0.2) is 67.6 Å². The lowest BCUT2D eigenvalue weighted by molar-refractivity contribution is 0.0977. The van der Waals surface area contributed by atoms with E-state index >= 15 is 0 Å². The van der Waals surface area contributed by atoms with Gasteiger partial charge in [0.15, 0.2) is 0 Å².